The zero-order valence-electron chi connectivity index (χ0n) is 20.3. The van der Waals surface area contributed by atoms with Gasteiger partial charge in [-0.05, 0) is 48.7 Å². The molecule has 4 rings (SSSR count). The molecule has 0 amide bonds. The number of rotatable bonds is 10. The van der Waals surface area contributed by atoms with E-state index in [9.17, 15) is 4.79 Å². The molecule has 0 spiro atoms. The molecule has 0 N–H and O–H groups in total. The van der Waals surface area contributed by atoms with Crippen LogP contribution in [0.15, 0.2) is 55.0 Å². The van der Waals surface area contributed by atoms with Gasteiger partial charge in [-0.25, -0.2) is 14.6 Å². The van der Waals surface area contributed by atoms with E-state index >= 15 is 0 Å². The van der Waals surface area contributed by atoms with Gasteiger partial charge >= 0.3 is 0 Å². The average molecular weight is 509 g/mol. The highest BCUT2D eigenvalue weighted by molar-refractivity contribution is 6.32. The van der Waals surface area contributed by atoms with Gasteiger partial charge in [0.25, 0.3) is 5.95 Å². The predicted molar refractivity (Wildman–Crippen MR) is 134 cm³/mol. The van der Waals surface area contributed by atoms with E-state index in [2.05, 4.69) is 15.1 Å². The van der Waals surface area contributed by atoms with Crippen LogP contribution in [-0.2, 0) is 12.8 Å². The summed E-state index contributed by atoms with van der Waals surface area (Å²) in [5.74, 6) is 1.85. The Balaban J connectivity index is 1.73. The molecule has 9 nitrogen and oxygen atoms in total. The molecule has 0 aliphatic rings. The minimum absolute atomic E-state index is 0.274. The Hall–Kier alpha value is -4.11. The third-order valence-corrected chi connectivity index (χ3v) is 5.90. The van der Waals surface area contributed by atoms with Crippen molar-refractivity contribution in [2.45, 2.75) is 12.8 Å². The van der Waals surface area contributed by atoms with E-state index < -0.39 is 0 Å². The van der Waals surface area contributed by atoms with Crippen molar-refractivity contribution < 1.29 is 23.7 Å². The quantitative estimate of drug-likeness (QED) is 0.291. The number of aromatic nitrogens is 4. The SMILES string of the molecule is COc1ccc(CCc2nc(-n3cccn3)ncc2C(=O)c2cc(OC)c(OC)c(OC)c2)cc1Cl. The molecule has 2 aromatic heterocycles. The van der Waals surface area contributed by atoms with E-state index in [1.165, 1.54) is 27.5 Å². The van der Waals surface area contributed by atoms with Gasteiger partial charge in [-0.3, -0.25) is 4.79 Å². The Morgan fingerprint density at radius 3 is 2.25 bits per heavy atom. The van der Waals surface area contributed by atoms with Crippen molar-refractivity contribution in [2.24, 2.45) is 0 Å². The number of ketones is 1. The highest BCUT2D eigenvalue weighted by atomic mass is 35.5. The van der Waals surface area contributed by atoms with Gasteiger partial charge < -0.3 is 18.9 Å². The summed E-state index contributed by atoms with van der Waals surface area (Å²) >= 11 is 6.30. The molecule has 186 valence electrons. The van der Waals surface area contributed by atoms with Crippen LogP contribution in [0.25, 0.3) is 5.95 Å². The van der Waals surface area contributed by atoms with Crippen molar-refractivity contribution in [2.75, 3.05) is 28.4 Å². The number of carbonyl (C=O) groups is 1. The van der Waals surface area contributed by atoms with Crippen LogP contribution < -0.4 is 18.9 Å². The number of benzene rings is 2. The molecule has 0 saturated heterocycles. The Bertz CT molecular complexity index is 1350. The van der Waals surface area contributed by atoms with E-state index in [-0.39, 0.29) is 5.78 Å². The summed E-state index contributed by atoms with van der Waals surface area (Å²) in [7, 11) is 6.07. The molecule has 36 heavy (non-hydrogen) atoms. The lowest BCUT2D eigenvalue weighted by Gasteiger charge is -2.15. The standard InChI is InChI=1S/C26H25ClN4O5/c1-33-21-9-7-16(12-19(21)27)6-8-20-18(15-28-26(30-20)31-11-5-10-29-31)24(32)17-13-22(34-2)25(36-4)23(14-17)35-3/h5,7,9-15H,6,8H2,1-4H3. The number of hydrogen-bond acceptors (Lipinski definition) is 8. The van der Waals surface area contributed by atoms with Crippen LogP contribution in [0.1, 0.15) is 27.2 Å². The first kappa shape index (κ1) is 25.0. The second-order valence-electron chi connectivity index (χ2n) is 7.69. The first-order valence-corrected chi connectivity index (χ1v) is 11.4. The van der Waals surface area contributed by atoms with Gasteiger partial charge in [0.1, 0.15) is 5.75 Å². The minimum atomic E-state index is -0.274. The molecule has 2 aromatic carbocycles. The summed E-state index contributed by atoms with van der Waals surface area (Å²) in [4.78, 5) is 22.7. The van der Waals surface area contributed by atoms with Gasteiger partial charge in [0.15, 0.2) is 17.3 Å². The summed E-state index contributed by atoms with van der Waals surface area (Å²) < 4.78 is 23.0. The van der Waals surface area contributed by atoms with Crippen LogP contribution in [0.3, 0.4) is 0 Å². The highest BCUT2D eigenvalue weighted by Gasteiger charge is 2.22. The zero-order valence-corrected chi connectivity index (χ0v) is 21.1. The molecular weight excluding hydrogens is 484 g/mol. The maximum atomic E-state index is 13.7. The Morgan fingerprint density at radius 2 is 1.67 bits per heavy atom. The molecule has 0 saturated carbocycles. The van der Waals surface area contributed by atoms with Crippen LogP contribution >= 0.6 is 11.6 Å². The molecule has 0 aliphatic heterocycles. The van der Waals surface area contributed by atoms with Gasteiger partial charge in [-0.2, -0.15) is 5.10 Å². The largest absolute Gasteiger partial charge is 0.495 e. The van der Waals surface area contributed by atoms with Crippen molar-refractivity contribution in [3.8, 4) is 28.9 Å². The van der Waals surface area contributed by atoms with Crippen LogP contribution in [-0.4, -0.2) is 54.0 Å². The summed E-state index contributed by atoms with van der Waals surface area (Å²) in [6, 6.07) is 10.6. The molecule has 0 bridgehead atoms. The molecule has 0 radical (unpaired) electrons. The maximum Gasteiger partial charge on any atom is 0.250 e. The molecule has 10 heteroatoms. The zero-order chi connectivity index (χ0) is 25.7. The Kier molecular flexibility index (Phi) is 7.70. The number of ether oxygens (including phenoxy) is 4. The van der Waals surface area contributed by atoms with Gasteiger partial charge in [0.2, 0.25) is 5.75 Å². The van der Waals surface area contributed by atoms with Crippen molar-refractivity contribution in [3.05, 3.63) is 82.4 Å². The van der Waals surface area contributed by atoms with Crippen LogP contribution in [0.5, 0.6) is 23.0 Å². The molecular formula is C26H25ClN4O5. The number of nitrogens with zero attached hydrogens (tertiary/aromatic N) is 4. The lowest BCUT2D eigenvalue weighted by Crippen LogP contribution is -2.13. The monoisotopic (exact) mass is 508 g/mol. The first-order chi connectivity index (χ1) is 17.5. The van der Waals surface area contributed by atoms with E-state index in [0.717, 1.165) is 5.56 Å². The number of carbonyl (C=O) groups excluding carboxylic acids is 1. The molecule has 0 fully saturated rings. The second kappa shape index (κ2) is 11.1. The Morgan fingerprint density at radius 1 is 0.944 bits per heavy atom. The third-order valence-electron chi connectivity index (χ3n) is 5.60. The molecule has 0 aliphatic carbocycles. The van der Waals surface area contributed by atoms with Crippen LogP contribution in [0.4, 0.5) is 0 Å². The van der Waals surface area contributed by atoms with Gasteiger partial charge in [0, 0.05) is 24.2 Å². The summed E-state index contributed by atoms with van der Waals surface area (Å²) in [5, 5.41) is 4.72. The van der Waals surface area contributed by atoms with E-state index in [0.29, 0.717) is 63.6 Å². The fourth-order valence-electron chi connectivity index (χ4n) is 3.78. The molecule has 4 aromatic rings. The van der Waals surface area contributed by atoms with Crippen molar-refractivity contribution in [3.63, 3.8) is 0 Å². The molecule has 2 heterocycles. The summed E-state index contributed by atoms with van der Waals surface area (Å²) in [5.41, 5.74) is 2.26. The third kappa shape index (κ3) is 5.11. The lowest BCUT2D eigenvalue weighted by atomic mass is 9.99. The summed E-state index contributed by atoms with van der Waals surface area (Å²) in [6.45, 7) is 0. The van der Waals surface area contributed by atoms with Gasteiger partial charge in [-0.15, -0.1) is 0 Å². The molecule has 0 atom stereocenters. The topological polar surface area (TPSA) is 97.6 Å². The normalized spacial score (nSPS) is 10.7. The minimum Gasteiger partial charge on any atom is -0.495 e. The number of aryl methyl sites for hydroxylation is 2. The lowest BCUT2D eigenvalue weighted by molar-refractivity contribution is 0.103. The molecule has 0 unspecified atom stereocenters. The number of halogens is 1. The fraction of sp³-hybridized carbons (Fsp3) is 0.231. The second-order valence-corrected chi connectivity index (χ2v) is 8.10. The van der Waals surface area contributed by atoms with E-state index in [4.69, 9.17) is 30.5 Å². The maximum absolute atomic E-state index is 13.7. The van der Waals surface area contributed by atoms with Gasteiger partial charge in [-0.1, -0.05) is 17.7 Å². The number of methoxy groups -OCH3 is 4. The van der Waals surface area contributed by atoms with Crippen molar-refractivity contribution in [1.82, 2.24) is 19.7 Å². The predicted octanol–water partition coefficient (Wildman–Crippen LogP) is 4.37. The van der Waals surface area contributed by atoms with Crippen molar-refractivity contribution in [1.29, 1.82) is 0 Å². The fourth-order valence-corrected chi connectivity index (χ4v) is 4.06. The van der Waals surface area contributed by atoms with Crippen LogP contribution in [0, 0.1) is 0 Å². The number of hydrogen-bond donors (Lipinski definition) is 0. The smallest absolute Gasteiger partial charge is 0.250 e. The van der Waals surface area contributed by atoms with Crippen LogP contribution in [0.2, 0.25) is 5.02 Å². The Labute approximate surface area is 213 Å². The average Bonchev–Trinajstić information content (AvgIpc) is 3.45. The van der Waals surface area contributed by atoms with Crippen molar-refractivity contribution >= 4 is 17.4 Å². The van der Waals surface area contributed by atoms with E-state index in [1.807, 2.05) is 18.2 Å². The van der Waals surface area contributed by atoms with E-state index in [1.54, 1.807) is 42.4 Å². The van der Waals surface area contributed by atoms with Gasteiger partial charge in [0.05, 0.1) is 44.7 Å². The summed E-state index contributed by atoms with van der Waals surface area (Å²) in [6.07, 6.45) is 5.95. The first-order valence-electron chi connectivity index (χ1n) is 11.0. The highest BCUT2D eigenvalue weighted by Crippen LogP contribution is 2.39.